The number of aliphatic hydroxyl groups is 1. The monoisotopic (exact) mass is 379 g/mol. The van der Waals surface area contributed by atoms with Gasteiger partial charge >= 0.3 is 0 Å². The molecule has 4 N–H and O–H groups in total. The standard InChI is InChI=1S/C19H26ClN3O3/c20-23(14-8-9-14)19(26)17(24)16(11-12-4-2-1-3-5-12)22-18(25)15(21)10-13-6-7-13/h1-5,13-17,24H,6-11,21H2,(H,22,25)/t15-,16?,17?/m0/s1. The number of nitrogens with two attached hydrogens (primary N) is 1. The van der Waals surface area contributed by atoms with E-state index in [1.165, 1.54) is 0 Å². The van der Waals surface area contributed by atoms with Crippen LogP contribution in [-0.2, 0) is 16.0 Å². The van der Waals surface area contributed by atoms with Crippen molar-refractivity contribution in [3.05, 3.63) is 35.9 Å². The molecule has 2 aliphatic carbocycles. The molecule has 2 unspecified atom stereocenters. The van der Waals surface area contributed by atoms with Gasteiger partial charge < -0.3 is 16.2 Å². The first kappa shape index (κ1) is 19.1. The highest BCUT2D eigenvalue weighted by Crippen LogP contribution is 2.33. The molecule has 7 heteroatoms. The molecule has 0 radical (unpaired) electrons. The van der Waals surface area contributed by atoms with E-state index in [1.54, 1.807) is 0 Å². The summed E-state index contributed by atoms with van der Waals surface area (Å²) in [5.74, 6) is -0.397. The number of nitrogens with zero attached hydrogens (tertiary/aromatic N) is 1. The van der Waals surface area contributed by atoms with Gasteiger partial charge in [0.1, 0.15) is 0 Å². The summed E-state index contributed by atoms with van der Waals surface area (Å²) in [6, 6.07) is 7.99. The molecule has 2 aliphatic rings. The number of nitrogens with one attached hydrogen (secondary N) is 1. The topological polar surface area (TPSA) is 95.7 Å². The molecule has 1 aromatic carbocycles. The fraction of sp³-hybridized carbons (Fsp3) is 0.579. The minimum absolute atomic E-state index is 0.0241. The number of carbonyl (C=O) groups excluding carboxylic acids is 2. The van der Waals surface area contributed by atoms with E-state index < -0.39 is 24.1 Å². The van der Waals surface area contributed by atoms with Crippen molar-refractivity contribution in [2.24, 2.45) is 11.7 Å². The van der Waals surface area contributed by atoms with Gasteiger partial charge in [0.2, 0.25) is 5.91 Å². The lowest BCUT2D eigenvalue weighted by molar-refractivity contribution is -0.138. The van der Waals surface area contributed by atoms with Gasteiger partial charge in [-0.05, 0) is 37.2 Å². The van der Waals surface area contributed by atoms with E-state index >= 15 is 0 Å². The first-order chi connectivity index (χ1) is 12.5. The zero-order chi connectivity index (χ0) is 18.7. The van der Waals surface area contributed by atoms with Crippen LogP contribution in [0.1, 0.15) is 37.7 Å². The molecule has 2 fully saturated rings. The Morgan fingerprint density at radius 3 is 2.46 bits per heavy atom. The Morgan fingerprint density at radius 1 is 1.23 bits per heavy atom. The summed E-state index contributed by atoms with van der Waals surface area (Å²) in [4.78, 5) is 24.9. The van der Waals surface area contributed by atoms with Crippen molar-refractivity contribution in [1.82, 2.24) is 9.74 Å². The van der Waals surface area contributed by atoms with Crippen LogP contribution in [0.5, 0.6) is 0 Å². The second-order valence-corrected chi connectivity index (χ2v) is 7.78. The average Bonchev–Trinajstić information content (AvgIpc) is 3.54. The molecule has 0 heterocycles. The molecule has 0 spiro atoms. The third-order valence-corrected chi connectivity index (χ3v) is 5.40. The number of benzene rings is 1. The Hall–Kier alpha value is -1.63. The summed E-state index contributed by atoms with van der Waals surface area (Å²) < 4.78 is 1.07. The van der Waals surface area contributed by atoms with E-state index in [2.05, 4.69) is 5.32 Å². The lowest BCUT2D eigenvalue weighted by atomic mass is 9.99. The van der Waals surface area contributed by atoms with Gasteiger partial charge in [0.05, 0.1) is 12.1 Å². The van der Waals surface area contributed by atoms with Crippen LogP contribution in [0.25, 0.3) is 0 Å². The molecular formula is C19H26ClN3O3. The summed E-state index contributed by atoms with van der Waals surface area (Å²) in [5.41, 5.74) is 6.89. The highest BCUT2D eigenvalue weighted by Gasteiger charge is 2.38. The number of carbonyl (C=O) groups is 2. The smallest absolute Gasteiger partial charge is 0.268 e. The van der Waals surface area contributed by atoms with Crippen molar-refractivity contribution < 1.29 is 14.7 Å². The second kappa shape index (κ2) is 8.37. The summed E-state index contributed by atoms with van der Waals surface area (Å²) in [6.45, 7) is 0. The Bertz CT molecular complexity index is 634. The van der Waals surface area contributed by atoms with Gasteiger partial charge in [-0.3, -0.25) is 9.59 Å². The molecule has 6 nitrogen and oxygen atoms in total. The SMILES string of the molecule is N[C@@H](CC1CC1)C(=O)NC(Cc1ccccc1)C(O)C(=O)N(Cl)C1CC1. The van der Waals surface area contributed by atoms with Crippen molar-refractivity contribution >= 4 is 23.6 Å². The number of amides is 2. The van der Waals surface area contributed by atoms with Crippen LogP contribution in [0.15, 0.2) is 30.3 Å². The summed E-state index contributed by atoms with van der Waals surface area (Å²) >= 11 is 6.03. The molecule has 0 saturated heterocycles. The van der Waals surface area contributed by atoms with E-state index in [0.717, 1.165) is 35.7 Å². The number of hydrogen-bond donors (Lipinski definition) is 3. The van der Waals surface area contributed by atoms with Gasteiger partial charge in [0.25, 0.3) is 5.91 Å². The van der Waals surface area contributed by atoms with Gasteiger partial charge in [-0.2, -0.15) is 0 Å². The Kier molecular flexibility index (Phi) is 6.16. The van der Waals surface area contributed by atoms with Crippen molar-refractivity contribution in [3.63, 3.8) is 0 Å². The van der Waals surface area contributed by atoms with Crippen LogP contribution in [0.3, 0.4) is 0 Å². The fourth-order valence-corrected chi connectivity index (χ4v) is 3.29. The third-order valence-electron chi connectivity index (χ3n) is 4.96. The third kappa shape index (κ3) is 5.19. The zero-order valence-corrected chi connectivity index (χ0v) is 15.4. The van der Waals surface area contributed by atoms with Crippen LogP contribution < -0.4 is 11.1 Å². The molecule has 3 rings (SSSR count). The van der Waals surface area contributed by atoms with Crippen molar-refractivity contribution in [1.29, 1.82) is 0 Å². The van der Waals surface area contributed by atoms with E-state index in [4.69, 9.17) is 17.5 Å². The minimum atomic E-state index is -1.41. The highest BCUT2D eigenvalue weighted by molar-refractivity contribution is 6.22. The predicted octanol–water partition coefficient (Wildman–Crippen LogP) is 1.35. The molecule has 142 valence electrons. The number of halogens is 1. The molecule has 0 bridgehead atoms. The summed E-state index contributed by atoms with van der Waals surface area (Å²) in [7, 11) is 0. The Balaban J connectivity index is 1.67. The van der Waals surface area contributed by atoms with Crippen molar-refractivity contribution in [2.75, 3.05) is 0 Å². The van der Waals surface area contributed by atoms with Crippen LogP contribution >= 0.6 is 11.8 Å². The molecule has 2 amide bonds. The molecule has 0 aliphatic heterocycles. The summed E-state index contributed by atoms with van der Waals surface area (Å²) in [6.07, 6.45) is 3.44. The predicted molar refractivity (Wildman–Crippen MR) is 99.1 cm³/mol. The van der Waals surface area contributed by atoms with Gasteiger partial charge in [0, 0.05) is 17.8 Å². The lowest BCUT2D eigenvalue weighted by Crippen LogP contribution is -2.54. The summed E-state index contributed by atoms with van der Waals surface area (Å²) in [5, 5.41) is 13.4. The minimum Gasteiger partial charge on any atom is -0.381 e. The molecule has 26 heavy (non-hydrogen) atoms. The Labute approximate surface area is 158 Å². The first-order valence-corrected chi connectivity index (χ1v) is 9.56. The van der Waals surface area contributed by atoms with E-state index in [0.29, 0.717) is 18.8 Å². The molecule has 2 saturated carbocycles. The van der Waals surface area contributed by atoms with Crippen LogP contribution in [0.2, 0.25) is 0 Å². The van der Waals surface area contributed by atoms with Crippen molar-refractivity contribution in [2.45, 2.75) is 62.8 Å². The number of hydrogen-bond acceptors (Lipinski definition) is 4. The molecule has 1 aromatic rings. The second-order valence-electron chi connectivity index (χ2n) is 7.42. The van der Waals surface area contributed by atoms with Crippen LogP contribution in [-0.4, -0.2) is 45.6 Å². The van der Waals surface area contributed by atoms with E-state index in [-0.39, 0.29) is 11.9 Å². The van der Waals surface area contributed by atoms with Gasteiger partial charge in [-0.15, -0.1) is 0 Å². The van der Waals surface area contributed by atoms with E-state index in [1.807, 2.05) is 30.3 Å². The molecule has 0 aromatic heterocycles. The van der Waals surface area contributed by atoms with Gasteiger partial charge in [0.15, 0.2) is 6.10 Å². The van der Waals surface area contributed by atoms with Gasteiger partial charge in [-0.25, -0.2) is 4.42 Å². The molecule has 3 atom stereocenters. The van der Waals surface area contributed by atoms with E-state index in [9.17, 15) is 14.7 Å². The average molecular weight is 380 g/mol. The van der Waals surface area contributed by atoms with Crippen molar-refractivity contribution in [3.8, 4) is 0 Å². The highest BCUT2D eigenvalue weighted by atomic mass is 35.5. The zero-order valence-electron chi connectivity index (χ0n) is 14.7. The maximum Gasteiger partial charge on any atom is 0.268 e. The van der Waals surface area contributed by atoms with Gasteiger partial charge in [-0.1, -0.05) is 43.2 Å². The maximum atomic E-state index is 12.5. The quantitative estimate of drug-likeness (QED) is 0.564. The maximum absolute atomic E-state index is 12.5. The molecular weight excluding hydrogens is 354 g/mol. The van der Waals surface area contributed by atoms with Crippen LogP contribution in [0, 0.1) is 5.92 Å². The fourth-order valence-electron chi connectivity index (χ4n) is 3.00. The van der Waals surface area contributed by atoms with Crippen LogP contribution in [0.4, 0.5) is 0 Å². The Morgan fingerprint density at radius 2 is 1.88 bits per heavy atom. The normalized spacial score (nSPS) is 20.1. The first-order valence-electron chi connectivity index (χ1n) is 9.22. The largest absolute Gasteiger partial charge is 0.381 e. The number of aliphatic hydroxyl groups excluding tert-OH is 1. The lowest BCUT2D eigenvalue weighted by Gasteiger charge is -2.27. The number of rotatable bonds is 9.